The van der Waals surface area contributed by atoms with Gasteiger partial charge in [-0.25, -0.2) is 15.0 Å². The second kappa shape index (κ2) is 39.6. The maximum absolute atomic E-state index is 11.6. The van der Waals surface area contributed by atoms with Crippen LogP contribution < -0.4 is 84.0 Å². The number of aromatic nitrogens is 4. The molecule has 8 aromatic rings. The number of ether oxygens (including phenoxy) is 1. The Hall–Kier alpha value is -9.03. The van der Waals surface area contributed by atoms with Gasteiger partial charge in [0.2, 0.25) is 11.9 Å². The quantitative estimate of drug-likeness (QED) is 0.0266. The number of nitrogens with one attached hydrogen (secondary N) is 1. The number of aliphatic carboxylic acids is 1. The Morgan fingerprint density at radius 2 is 1.00 bits per heavy atom. The smallest absolute Gasteiger partial charge is 0.550 e. The molecule has 0 atom stereocenters. The van der Waals surface area contributed by atoms with Crippen molar-refractivity contribution in [1.82, 2.24) is 19.9 Å². The fraction of sp³-hybridized carbons (Fsp3) is 0.156. The molecule has 6 aromatic carbocycles. The van der Waals surface area contributed by atoms with Gasteiger partial charge in [0.25, 0.3) is 12.0 Å². The average Bonchev–Trinajstić information content (AvgIpc) is 3.40. The number of carboxylic acid groups (broad SMARTS) is 1. The Morgan fingerprint density at radius 1 is 0.580 bits per heavy atom. The van der Waals surface area contributed by atoms with Gasteiger partial charge in [0, 0.05) is 61.4 Å². The Kier molecular flexibility index (Phi) is 34.7. The number of benzene rings is 6. The molecule has 0 bridgehead atoms. The first-order chi connectivity index (χ1) is 41.2. The molecule has 8 rings (SSSR count). The predicted molar refractivity (Wildman–Crippen MR) is 336 cm³/mol. The van der Waals surface area contributed by atoms with Crippen LogP contribution in [0.1, 0.15) is 98.2 Å². The Labute approximate surface area is 573 Å². The van der Waals surface area contributed by atoms with Crippen LogP contribution in [0, 0.1) is 98.2 Å². The van der Waals surface area contributed by atoms with Gasteiger partial charge in [-0.05, 0) is 138 Å². The largest absolute Gasteiger partial charge is 1.00 e. The van der Waals surface area contributed by atoms with E-state index in [0.29, 0.717) is 62.6 Å². The number of hydrogen-bond acceptors (Lipinski definition) is 19. The average molecular weight is 1360 g/mol. The summed E-state index contributed by atoms with van der Waals surface area (Å²) in [6.45, 7) is 14.0. The molecule has 0 fully saturated rings. The standard InChI is InChI=1S/C12H9ClN4.C12H10N4O.C12H11NO2.C9H7NO2.C8H6BrN.C7H8BrN.C4H6O3.K/c1-7-8(6-14)3-2-4-9(7)10-5-11(13)17-12(15)16-10;1-7-8(6-13)3-2-4-9(7)10-5-11(17)16-12(14)15-10;1-8(14)6-12(15)11-5-3-4-10(7-13)9(11)2;1-7-8(5-10)3-2-4-9(7)12-6-11;1-6-7(5-10)3-2-4-8(6)9;1-5-6(8)3-2-4-7(5)9;1-3(5)2-4(6)7;/h2-5H,1H3,(H2,15,16,17);2-5H,1H3,(H3,14,15,16,17);3-5H,6H2,1-2H3;2-4,6H,1H3;2-4H,1H3;2-4H,9H2,1H3;2H2,1H3,(H,6,7);/q;;;;;;;+1/p-1. The van der Waals surface area contributed by atoms with E-state index in [1.54, 1.807) is 92.7 Å². The van der Waals surface area contributed by atoms with E-state index >= 15 is 0 Å². The minimum atomic E-state index is -1.31. The van der Waals surface area contributed by atoms with Crippen LogP contribution in [0.3, 0.4) is 0 Å². The van der Waals surface area contributed by atoms with Crippen molar-refractivity contribution in [3.8, 4) is 58.6 Å². The van der Waals surface area contributed by atoms with E-state index in [9.17, 15) is 33.9 Å². The zero-order chi connectivity index (χ0) is 65.5. The molecule has 20 nitrogen and oxygen atoms in total. The number of nitrogens with two attached hydrogens (primary N) is 3. The molecular weight excluding hydrogens is 1300 g/mol. The SMILES string of the molecule is CC(=O)CC(=O)[O-].CC(=O)CC(=O)c1cccc(C#N)c1C.Cc1c(Br)cccc1C#N.Cc1c(C#N)cccc1-c1cc(=O)[nH]c(N)n1.Cc1c(C#N)cccc1-c1cc(Cl)nc(N)n1.Cc1c(C#N)cccc1OC=O.Cc1c(N)cccc1Br.[K+]. The minimum absolute atomic E-state index is 0. The van der Waals surface area contributed by atoms with Crippen LogP contribution in [-0.2, 0) is 19.2 Å². The van der Waals surface area contributed by atoms with E-state index in [2.05, 4.69) is 74.7 Å². The fourth-order valence-electron chi connectivity index (χ4n) is 7.11. The zero-order valence-corrected chi connectivity index (χ0v) is 56.3. The number of anilines is 3. The third kappa shape index (κ3) is 25.5. The molecule has 0 amide bonds. The summed E-state index contributed by atoms with van der Waals surface area (Å²) < 4.78 is 6.71. The molecule has 0 saturated heterocycles. The van der Waals surface area contributed by atoms with Crippen molar-refractivity contribution < 1.29 is 85.2 Å². The van der Waals surface area contributed by atoms with E-state index < -0.39 is 12.4 Å². The number of ketones is 3. The van der Waals surface area contributed by atoms with E-state index in [0.717, 1.165) is 53.6 Å². The molecule has 0 radical (unpaired) electrons. The van der Waals surface area contributed by atoms with Crippen LogP contribution in [0.4, 0.5) is 17.6 Å². The van der Waals surface area contributed by atoms with Crippen LogP contribution in [0.2, 0.25) is 5.15 Å². The first-order valence-electron chi connectivity index (χ1n) is 25.3. The van der Waals surface area contributed by atoms with Crippen molar-refractivity contribution in [2.45, 2.75) is 68.2 Å². The number of nitrogen functional groups attached to an aromatic ring is 3. The van der Waals surface area contributed by atoms with Crippen LogP contribution in [0.15, 0.2) is 135 Å². The number of aromatic amines is 1. The van der Waals surface area contributed by atoms with Crippen LogP contribution in [0.5, 0.6) is 5.75 Å². The maximum Gasteiger partial charge on any atom is 1.00 e. The second-order valence-corrected chi connectivity index (χ2v) is 20.1. The summed E-state index contributed by atoms with van der Waals surface area (Å²) in [5, 5.41) is 53.6. The van der Waals surface area contributed by atoms with Crippen molar-refractivity contribution in [3.05, 3.63) is 213 Å². The van der Waals surface area contributed by atoms with Crippen LogP contribution in [-0.4, -0.2) is 49.7 Å². The number of nitriles is 5. The van der Waals surface area contributed by atoms with Crippen molar-refractivity contribution >= 4 is 90.8 Å². The molecule has 88 heavy (non-hydrogen) atoms. The third-order valence-electron chi connectivity index (χ3n) is 11.8. The van der Waals surface area contributed by atoms with Crippen molar-refractivity contribution in [2.24, 2.45) is 0 Å². The molecular formula is C64H56Br2ClKN12O8. The van der Waals surface area contributed by atoms with Gasteiger partial charge in [-0.1, -0.05) is 98.1 Å². The number of nitrogens with zero attached hydrogens (tertiary/aromatic N) is 8. The van der Waals surface area contributed by atoms with E-state index in [1.807, 2.05) is 76.2 Å². The van der Waals surface area contributed by atoms with Crippen molar-refractivity contribution in [1.29, 1.82) is 26.3 Å². The normalized spacial score (nSPS) is 9.25. The van der Waals surface area contributed by atoms with E-state index in [-0.39, 0.29) is 97.8 Å². The molecule has 0 spiro atoms. The molecule has 7 N–H and O–H groups in total. The summed E-state index contributed by atoms with van der Waals surface area (Å²) in [7, 11) is 0. The number of carboxylic acids is 1. The van der Waals surface area contributed by atoms with Crippen LogP contribution >= 0.6 is 43.5 Å². The molecule has 2 aromatic heterocycles. The van der Waals surface area contributed by atoms with Gasteiger partial charge in [-0.3, -0.25) is 29.0 Å². The summed E-state index contributed by atoms with van der Waals surface area (Å²) in [4.78, 5) is 77.4. The molecule has 0 saturated carbocycles. The van der Waals surface area contributed by atoms with Gasteiger partial charge in [-0.2, -0.15) is 26.3 Å². The van der Waals surface area contributed by atoms with E-state index in [1.165, 1.54) is 19.9 Å². The molecule has 24 heteroatoms. The van der Waals surface area contributed by atoms with Gasteiger partial charge < -0.3 is 31.8 Å². The number of hydrogen-bond donors (Lipinski definition) is 4. The number of H-pyrrole nitrogens is 1. The Bertz CT molecular complexity index is 4060. The summed E-state index contributed by atoms with van der Waals surface area (Å²) in [6.07, 6.45) is -0.574. The number of carbonyl (C=O) groups excluding carboxylic acids is 5. The summed E-state index contributed by atoms with van der Waals surface area (Å²) in [5.41, 5.74) is 28.3. The number of halogens is 3. The molecule has 0 aliphatic rings. The second-order valence-electron chi connectivity index (χ2n) is 18.0. The maximum atomic E-state index is 11.6. The van der Waals surface area contributed by atoms with Gasteiger partial charge in [0.05, 0.1) is 76.0 Å². The monoisotopic (exact) mass is 1350 g/mol. The van der Waals surface area contributed by atoms with Gasteiger partial charge in [-0.15, -0.1) is 0 Å². The zero-order valence-electron chi connectivity index (χ0n) is 49.2. The summed E-state index contributed by atoms with van der Waals surface area (Å²) in [5.74, 6) is -1.46. The topological polar surface area (TPSA) is 386 Å². The number of Topliss-reactive ketones (excluding diaryl/α,β-unsaturated/α-hetero) is 3. The molecule has 0 aliphatic heterocycles. The van der Waals surface area contributed by atoms with Gasteiger partial charge in [0.1, 0.15) is 22.5 Å². The summed E-state index contributed by atoms with van der Waals surface area (Å²) in [6, 6.07) is 45.3. The van der Waals surface area contributed by atoms with Crippen molar-refractivity contribution in [3.63, 3.8) is 0 Å². The third-order valence-corrected chi connectivity index (χ3v) is 13.7. The molecule has 442 valence electrons. The Balaban J connectivity index is 0.000000522. The molecule has 2 heterocycles. The summed E-state index contributed by atoms with van der Waals surface area (Å²) >= 11 is 12.5. The molecule has 0 unspecified atom stereocenters. The van der Waals surface area contributed by atoms with Gasteiger partial charge >= 0.3 is 51.4 Å². The fourth-order valence-corrected chi connectivity index (χ4v) is 8.05. The number of rotatable bonds is 9. The first kappa shape index (κ1) is 77.0. The van der Waals surface area contributed by atoms with E-state index in [4.69, 9.17) is 55.1 Å². The number of carbonyl (C=O) groups is 5. The first-order valence-corrected chi connectivity index (χ1v) is 27.3. The van der Waals surface area contributed by atoms with Gasteiger partial charge in [0.15, 0.2) is 5.78 Å². The predicted octanol–water partition coefficient (Wildman–Crippen LogP) is 7.88. The Morgan fingerprint density at radius 3 is 1.41 bits per heavy atom. The van der Waals surface area contributed by atoms with Crippen molar-refractivity contribution in [2.75, 3.05) is 17.2 Å². The van der Waals surface area contributed by atoms with Crippen LogP contribution in [0.25, 0.3) is 22.5 Å². The molecule has 0 aliphatic carbocycles. The minimum Gasteiger partial charge on any atom is -0.550 e.